The van der Waals surface area contributed by atoms with Crippen LogP contribution in [0.15, 0.2) is 29.4 Å². The number of nitrogens with zero attached hydrogens (tertiary/aromatic N) is 1. The first-order chi connectivity index (χ1) is 9.88. The first-order valence-electron chi connectivity index (χ1n) is 5.44. The van der Waals surface area contributed by atoms with Crippen LogP contribution in [0, 0.1) is 0 Å². The van der Waals surface area contributed by atoms with Crippen LogP contribution >= 0.6 is 0 Å². The predicted molar refractivity (Wildman–Crippen MR) is 66.5 cm³/mol. The number of alkyl halides is 5. The van der Waals surface area contributed by atoms with Crippen molar-refractivity contribution in [2.75, 3.05) is 13.4 Å². The SMILES string of the molecule is COc1ccc(C(=NOS(C)(=O)=O)C(F)(F)C(F)(F)F)cc1. The van der Waals surface area contributed by atoms with Crippen molar-refractivity contribution >= 4 is 15.8 Å². The van der Waals surface area contributed by atoms with Crippen LogP contribution in [0.1, 0.15) is 5.56 Å². The molecule has 11 heteroatoms. The molecule has 0 amide bonds. The Labute approximate surface area is 122 Å². The van der Waals surface area contributed by atoms with Crippen molar-refractivity contribution < 1.29 is 39.4 Å². The Morgan fingerprint density at radius 1 is 1.09 bits per heavy atom. The molecule has 0 unspecified atom stereocenters. The number of ether oxygens (including phenoxy) is 1. The summed E-state index contributed by atoms with van der Waals surface area (Å²) in [6.07, 6.45) is -5.53. The highest BCUT2D eigenvalue weighted by atomic mass is 32.2. The molecule has 0 fully saturated rings. The van der Waals surface area contributed by atoms with Crippen LogP contribution < -0.4 is 4.74 Å². The minimum absolute atomic E-state index is 0.197. The quantitative estimate of drug-likeness (QED) is 0.467. The molecule has 0 spiro atoms. The van der Waals surface area contributed by atoms with E-state index >= 15 is 0 Å². The molecule has 0 aliphatic carbocycles. The van der Waals surface area contributed by atoms with Crippen molar-refractivity contribution in [3.8, 4) is 5.75 Å². The fourth-order valence-electron chi connectivity index (χ4n) is 1.28. The fourth-order valence-corrected chi connectivity index (χ4v) is 1.49. The zero-order valence-corrected chi connectivity index (χ0v) is 12.0. The number of halogens is 5. The summed E-state index contributed by atoms with van der Waals surface area (Å²) < 4.78 is 94.4. The molecule has 1 rings (SSSR count). The number of methoxy groups -OCH3 is 1. The Morgan fingerprint density at radius 3 is 1.95 bits per heavy atom. The van der Waals surface area contributed by atoms with Gasteiger partial charge in [0.05, 0.1) is 13.4 Å². The number of oxime groups is 1. The van der Waals surface area contributed by atoms with E-state index in [2.05, 4.69) is 9.44 Å². The van der Waals surface area contributed by atoms with Crippen molar-refractivity contribution in [2.45, 2.75) is 12.1 Å². The van der Waals surface area contributed by atoms with E-state index < -0.39 is 33.5 Å². The maximum Gasteiger partial charge on any atom is 0.459 e. The van der Waals surface area contributed by atoms with Crippen molar-refractivity contribution in [1.82, 2.24) is 0 Å². The van der Waals surface area contributed by atoms with Gasteiger partial charge in [0.1, 0.15) is 5.75 Å². The van der Waals surface area contributed by atoms with Crippen LogP contribution in [-0.2, 0) is 14.4 Å². The third-order valence-corrected chi connectivity index (χ3v) is 2.63. The molecule has 0 saturated carbocycles. The third kappa shape index (κ3) is 4.29. The number of hydrogen-bond acceptors (Lipinski definition) is 5. The lowest BCUT2D eigenvalue weighted by atomic mass is 10.0. The summed E-state index contributed by atoms with van der Waals surface area (Å²) in [5.74, 6) is -5.21. The van der Waals surface area contributed by atoms with Gasteiger partial charge in [0.25, 0.3) is 0 Å². The van der Waals surface area contributed by atoms with Crippen LogP contribution in [0.5, 0.6) is 5.75 Å². The Balaban J connectivity index is 3.39. The highest BCUT2D eigenvalue weighted by Gasteiger charge is 2.62. The molecule has 0 N–H and O–H groups in total. The molecule has 1 aromatic rings. The Kier molecular flexibility index (Phi) is 5.00. The van der Waals surface area contributed by atoms with Crippen molar-refractivity contribution in [2.24, 2.45) is 5.16 Å². The highest BCUT2D eigenvalue weighted by molar-refractivity contribution is 7.85. The standard InChI is InChI=1S/C11H10F5NO4S/c1-20-8-5-3-7(4-6-8)9(17-21-22(2,18)19)10(12,13)11(14,15)16/h3-6H,1-2H3. The molecule has 0 atom stereocenters. The first kappa shape index (κ1) is 18.1. The zero-order chi connectivity index (χ0) is 17.2. The van der Waals surface area contributed by atoms with E-state index in [4.69, 9.17) is 4.74 Å². The summed E-state index contributed by atoms with van der Waals surface area (Å²) in [6.45, 7) is 0. The average molecular weight is 347 g/mol. The van der Waals surface area contributed by atoms with Crippen LogP contribution in [-0.4, -0.2) is 39.6 Å². The molecular weight excluding hydrogens is 337 g/mol. The zero-order valence-electron chi connectivity index (χ0n) is 11.2. The minimum Gasteiger partial charge on any atom is -0.497 e. The molecular formula is C11H10F5NO4S. The lowest BCUT2D eigenvalue weighted by Gasteiger charge is -2.21. The highest BCUT2D eigenvalue weighted by Crippen LogP contribution is 2.38. The molecule has 0 bridgehead atoms. The van der Waals surface area contributed by atoms with Gasteiger partial charge < -0.3 is 4.74 Å². The Hall–Kier alpha value is -1.91. The van der Waals surface area contributed by atoms with Crippen LogP contribution in [0.25, 0.3) is 0 Å². The first-order valence-corrected chi connectivity index (χ1v) is 7.26. The largest absolute Gasteiger partial charge is 0.497 e. The molecule has 0 aliphatic rings. The summed E-state index contributed by atoms with van der Waals surface area (Å²) in [7, 11) is -3.09. The van der Waals surface area contributed by atoms with Gasteiger partial charge in [0.15, 0.2) is 5.71 Å². The second-order valence-corrected chi connectivity index (χ2v) is 5.58. The van der Waals surface area contributed by atoms with Gasteiger partial charge in [0, 0.05) is 5.56 Å². The summed E-state index contributed by atoms with van der Waals surface area (Å²) in [4.78, 5) is 0. The van der Waals surface area contributed by atoms with Crippen LogP contribution in [0.2, 0.25) is 0 Å². The number of hydrogen-bond donors (Lipinski definition) is 0. The third-order valence-electron chi connectivity index (χ3n) is 2.28. The summed E-state index contributed by atoms with van der Waals surface area (Å²) in [5.41, 5.74) is -2.56. The van der Waals surface area contributed by atoms with E-state index in [0.29, 0.717) is 6.26 Å². The summed E-state index contributed by atoms with van der Waals surface area (Å²) >= 11 is 0. The van der Waals surface area contributed by atoms with E-state index in [1.807, 2.05) is 0 Å². The molecule has 5 nitrogen and oxygen atoms in total. The van der Waals surface area contributed by atoms with Gasteiger partial charge >= 0.3 is 22.2 Å². The average Bonchev–Trinajstić information content (AvgIpc) is 2.36. The van der Waals surface area contributed by atoms with E-state index in [-0.39, 0.29) is 5.75 Å². The smallest absolute Gasteiger partial charge is 0.459 e. The lowest BCUT2D eigenvalue weighted by molar-refractivity contribution is -0.249. The lowest BCUT2D eigenvalue weighted by Crippen LogP contribution is -2.44. The normalized spacial score (nSPS) is 13.9. The maximum absolute atomic E-state index is 13.5. The topological polar surface area (TPSA) is 65.0 Å². The molecule has 0 aromatic heterocycles. The summed E-state index contributed by atoms with van der Waals surface area (Å²) in [6, 6.07) is 3.95. The minimum atomic E-state index is -5.98. The Bertz CT molecular complexity index is 652. The van der Waals surface area contributed by atoms with Crippen LogP contribution in [0.4, 0.5) is 22.0 Å². The van der Waals surface area contributed by atoms with E-state index in [1.54, 1.807) is 0 Å². The van der Waals surface area contributed by atoms with Gasteiger partial charge in [-0.2, -0.15) is 30.4 Å². The number of benzene rings is 1. The van der Waals surface area contributed by atoms with E-state index in [9.17, 15) is 30.4 Å². The number of rotatable bonds is 5. The monoisotopic (exact) mass is 347 g/mol. The van der Waals surface area contributed by atoms with Gasteiger partial charge in [-0.1, -0.05) is 5.16 Å². The van der Waals surface area contributed by atoms with Crippen molar-refractivity contribution in [3.63, 3.8) is 0 Å². The molecule has 0 radical (unpaired) electrons. The van der Waals surface area contributed by atoms with Crippen molar-refractivity contribution in [3.05, 3.63) is 29.8 Å². The van der Waals surface area contributed by atoms with E-state index in [1.165, 1.54) is 7.11 Å². The van der Waals surface area contributed by atoms with E-state index in [0.717, 1.165) is 24.3 Å². The van der Waals surface area contributed by atoms with Crippen molar-refractivity contribution in [1.29, 1.82) is 0 Å². The van der Waals surface area contributed by atoms with Gasteiger partial charge in [-0.15, -0.1) is 0 Å². The fraction of sp³-hybridized carbons (Fsp3) is 0.364. The maximum atomic E-state index is 13.5. The summed E-state index contributed by atoms with van der Waals surface area (Å²) in [5, 5.41) is 2.48. The van der Waals surface area contributed by atoms with Gasteiger partial charge in [-0.3, -0.25) is 4.28 Å². The van der Waals surface area contributed by atoms with Crippen LogP contribution in [0.3, 0.4) is 0 Å². The second-order valence-electron chi connectivity index (χ2n) is 4.02. The molecule has 22 heavy (non-hydrogen) atoms. The second kappa shape index (κ2) is 6.07. The molecule has 124 valence electrons. The van der Waals surface area contributed by atoms with Gasteiger partial charge in [-0.25, -0.2) is 0 Å². The van der Waals surface area contributed by atoms with Gasteiger partial charge in [-0.05, 0) is 24.3 Å². The molecule has 1 aromatic carbocycles. The van der Waals surface area contributed by atoms with Gasteiger partial charge in [0.2, 0.25) is 0 Å². The molecule has 0 aliphatic heterocycles. The Morgan fingerprint density at radius 2 is 1.59 bits per heavy atom. The predicted octanol–water partition coefficient (Wildman–Crippen LogP) is 2.57. The molecule has 0 saturated heterocycles. The molecule has 0 heterocycles.